The zero-order valence-electron chi connectivity index (χ0n) is 12.8. The molecule has 0 fully saturated rings. The molecule has 0 radical (unpaired) electrons. The minimum absolute atomic E-state index is 0.0320. The molecule has 0 N–H and O–H groups in total. The Kier molecular flexibility index (Phi) is 4.52. The maximum Gasteiger partial charge on any atom is 0.416 e. The van der Waals surface area contributed by atoms with E-state index in [1.807, 2.05) is 30.3 Å². The highest BCUT2D eigenvalue weighted by atomic mass is 19.4. The van der Waals surface area contributed by atoms with Gasteiger partial charge in [0.2, 0.25) is 5.90 Å². The molecule has 0 saturated carbocycles. The highest BCUT2D eigenvalue weighted by Gasteiger charge is 2.33. The average Bonchev–Trinajstić information content (AvgIpc) is 2.93. The van der Waals surface area contributed by atoms with Gasteiger partial charge in [-0.1, -0.05) is 48.5 Å². The van der Waals surface area contributed by atoms with E-state index in [1.165, 1.54) is 24.3 Å². The Hall–Kier alpha value is -3.15. The van der Waals surface area contributed by atoms with Crippen LogP contribution in [-0.2, 0) is 15.7 Å². The summed E-state index contributed by atoms with van der Waals surface area (Å²) in [4.78, 5) is 15.8. The monoisotopic (exact) mass is 343 g/mol. The van der Waals surface area contributed by atoms with Crippen LogP contribution in [0, 0.1) is 0 Å². The minimum atomic E-state index is -4.52. The van der Waals surface area contributed by atoms with Gasteiger partial charge in [-0.25, -0.2) is 9.79 Å². The van der Waals surface area contributed by atoms with Gasteiger partial charge >= 0.3 is 12.1 Å². The van der Waals surface area contributed by atoms with Gasteiger partial charge in [-0.2, -0.15) is 13.2 Å². The molecular weight excluding hydrogens is 331 g/mol. The van der Waals surface area contributed by atoms with Crippen LogP contribution in [0.4, 0.5) is 13.2 Å². The van der Waals surface area contributed by atoms with Crippen LogP contribution in [0.25, 0.3) is 12.2 Å². The van der Waals surface area contributed by atoms with E-state index < -0.39 is 17.7 Å². The third-order valence-corrected chi connectivity index (χ3v) is 3.41. The lowest BCUT2D eigenvalue weighted by molar-refractivity contribution is -0.137. The molecule has 1 aliphatic heterocycles. The first-order valence-electron chi connectivity index (χ1n) is 7.35. The number of alkyl halides is 3. The van der Waals surface area contributed by atoms with Crippen LogP contribution in [0.3, 0.4) is 0 Å². The number of halogens is 3. The summed E-state index contributed by atoms with van der Waals surface area (Å²) >= 11 is 0. The van der Waals surface area contributed by atoms with Crippen LogP contribution in [0.2, 0.25) is 0 Å². The molecule has 1 aliphatic rings. The van der Waals surface area contributed by atoms with Crippen LogP contribution in [0.5, 0.6) is 0 Å². The summed E-state index contributed by atoms with van der Waals surface area (Å²) in [6.07, 6.45) is -0.257. The molecule has 0 unspecified atom stereocenters. The number of aliphatic imine (C=N–C) groups is 1. The fourth-order valence-corrected chi connectivity index (χ4v) is 2.26. The molecule has 6 heteroatoms. The molecule has 0 atom stereocenters. The standard InChI is InChI=1S/C19H12F3NO2/c20-19(21,22)15-9-5-4-8-14(15)12-16-18(24)25-17(23-16)11-10-13-6-2-1-3-7-13/h1-12H. The zero-order valence-corrected chi connectivity index (χ0v) is 12.8. The van der Waals surface area contributed by atoms with Gasteiger partial charge in [0, 0.05) is 6.08 Å². The zero-order chi connectivity index (χ0) is 17.9. The first kappa shape index (κ1) is 16.7. The molecule has 0 spiro atoms. The largest absolute Gasteiger partial charge is 0.416 e. The average molecular weight is 343 g/mol. The van der Waals surface area contributed by atoms with Crippen LogP contribution < -0.4 is 0 Å². The smallest absolute Gasteiger partial charge is 0.403 e. The third kappa shape index (κ3) is 4.03. The maximum absolute atomic E-state index is 13.0. The summed E-state index contributed by atoms with van der Waals surface area (Å²) in [5.74, 6) is -0.755. The Morgan fingerprint density at radius 2 is 1.60 bits per heavy atom. The highest BCUT2D eigenvalue weighted by Crippen LogP contribution is 2.33. The lowest BCUT2D eigenvalue weighted by atomic mass is 10.1. The molecule has 126 valence electrons. The fourth-order valence-electron chi connectivity index (χ4n) is 2.26. The lowest BCUT2D eigenvalue weighted by Gasteiger charge is -2.09. The number of hydrogen-bond donors (Lipinski definition) is 0. The molecule has 0 aromatic heterocycles. The summed E-state index contributed by atoms with van der Waals surface area (Å²) in [6.45, 7) is 0. The third-order valence-electron chi connectivity index (χ3n) is 3.41. The number of cyclic esters (lactones) is 1. The summed E-state index contributed by atoms with van der Waals surface area (Å²) in [5.41, 5.74) is -0.275. The number of rotatable bonds is 3. The van der Waals surface area contributed by atoms with Crippen molar-refractivity contribution in [1.82, 2.24) is 0 Å². The van der Waals surface area contributed by atoms with Gasteiger partial charge in [0.1, 0.15) is 0 Å². The summed E-state index contributed by atoms with van der Waals surface area (Å²) in [6, 6.07) is 14.2. The number of esters is 1. The SMILES string of the molecule is O=C1OC(C=Cc2ccccc2)=NC1=Cc1ccccc1C(F)(F)F. The summed E-state index contributed by atoms with van der Waals surface area (Å²) < 4.78 is 44.0. The van der Waals surface area contributed by atoms with Crippen molar-refractivity contribution < 1.29 is 22.7 Å². The lowest BCUT2D eigenvalue weighted by Crippen LogP contribution is -2.07. The second kappa shape index (κ2) is 6.76. The summed E-state index contributed by atoms with van der Waals surface area (Å²) in [5, 5.41) is 0. The quantitative estimate of drug-likeness (QED) is 0.598. The van der Waals surface area contributed by atoms with E-state index in [0.717, 1.165) is 17.7 Å². The highest BCUT2D eigenvalue weighted by molar-refractivity contribution is 6.11. The second-order valence-electron chi connectivity index (χ2n) is 5.20. The van der Waals surface area contributed by atoms with E-state index in [4.69, 9.17) is 4.74 Å². The number of nitrogens with zero attached hydrogens (tertiary/aromatic N) is 1. The Balaban J connectivity index is 1.88. The predicted octanol–water partition coefficient (Wildman–Crippen LogP) is 4.72. The van der Waals surface area contributed by atoms with Crippen molar-refractivity contribution in [3.8, 4) is 0 Å². The van der Waals surface area contributed by atoms with Crippen molar-refractivity contribution in [2.75, 3.05) is 0 Å². The van der Waals surface area contributed by atoms with Gasteiger partial charge in [0.15, 0.2) is 5.70 Å². The van der Waals surface area contributed by atoms with Crippen molar-refractivity contribution in [2.45, 2.75) is 6.18 Å². The van der Waals surface area contributed by atoms with Crippen LogP contribution >= 0.6 is 0 Å². The molecule has 2 aromatic carbocycles. The van der Waals surface area contributed by atoms with E-state index in [0.29, 0.717) is 0 Å². The molecule has 2 aromatic rings. The predicted molar refractivity (Wildman–Crippen MR) is 88.4 cm³/mol. The number of carbonyl (C=O) groups excluding carboxylic acids is 1. The maximum atomic E-state index is 13.0. The van der Waals surface area contributed by atoms with Crippen LogP contribution in [0.15, 0.2) is 71.4 Å². The fraction of sp³-hybridized carbons (Fsp3) is 0.0526. The number of benzene rings is 2. The first-order valence-corrected chi connectivity index (χ1v) is 7.35. The topological polar surface area (TPSA) is 38.7 Å². The number of ether oxygens (including phenoxy) is 1. The molecule has 0 bridgehead atoms. The Labute approximate surface area is 141 Å². The van der Waals surface area contributed by atoms with Gasteiger partial charge in [-0.3, -0.25) is 0 Å². The van der Waals surface area contributed by atoms with Crippen LogP contribution in [-0.4, -0.2) is 11.9 Å². The Morgan fingerprint density at radius 1 is 0.920 bits per heavy atom. The van der Waals surface area contributed by atoms with Crippen molar-refractivity contribution in [2.24, 2.45) is 4.99 Å². The van der Waals surface area contributed by atoms with Gasteiger partial charge in [0.05, 0.1) is 5.56 Å². The van der Waals surface area contributed by atoms with Gasteiger partial charge in [0.25, 0.3) is 0 Å². The van der Waals surface area contributed by atoms with E-state index in [2.05, 4.69) is 4.99 Å². The normalized spacial score (nSPS) is 16.4. The van der Waals surface area contributed by atoms with E-state index in [9.17, 15) is 18.0 Å². The Morgan fingerprint density at radius 3 is 2.32 bits per heavy atom. The van der Waals surface area contributed by atoms with E-state index in [1.54, 1.807) is 6.08 Å². The minimum Gasteiger partial charge on any atom is -0.403 e. The molecule has 3 rings (SSSR count). The molecule has 1 heterocycles. The number of carbonyl (C=O) groups is 1. The van der Waals surface area contributed by atoms with Crippen molar-refractivity contribution in [3.63, 3.8) is 0 Å². The molecule has 3 nitrogen and oxygen atoms in total. The molecular formula is C19H12F3NO2. The molecule has 0 saturated heterocycles. The molecule has 0 aliphatic carbocycles. The van der Waals surface area contributed by atoms with Crippen LogP contribution in [0.1, 0.15) is 16.7 Å². The van der Waals surface area contributed by atoms with E-state index >= 15 is 0 Å². The number of hydrogen-bond acceptors (Lipinski definition) is 3. The van der Waals surface area contributed by atoms with Gasteiger partial charge in [-0.15, -0.1) is 0 Å². The van der Waals surface area contributed by atoms with Crippen molar-refractivity contribution in [1.29, 1.82) is 0 Å². The van der Waals surface area contributed by atoms with Crippen molar-refractivity contribution >= 4 is 24.0 Å². The molecule has 25 heavy (non-hydrogen) atoms. The second-order valence-corrected chi connectivity index (χ2v) is 5.20. The Bertz CT molecular complexity index is 881. The van der Waals surface area contributed by atoms with Crippen molar-refractivity contribution in [3.05, 3.63) is 83.1 Å². The van der Waals surface area contributed by atoms with Gasteiger partial charge < -0.3 is 4.74 Å². The first-order chi connectivity index (χ1) is 11.9. The summed E-state index contributed by atoms with van der Waals surface area (Å²) in [7, 11) is 0. The van der Waals surface area contributed by atoms with E-state index in [-0.39, 0.29) is 17.2 Å². The van der Waals surface area contributed by atoms with Gasteiger partial charge in [-0.05, 0) is 29.3 Å². The molecule has 0 amide bonds.